The van der Waals surface area contributed by atoms with Gasteiger partial charge in [0.2, 0.25) is 5.89 Å². The summed E-state index contributed by atoms with van der Waals surface area (Å²) in [7, 11) is 0. The minimum Gasteiger partial charge on any atom is -0.449 e. The van der Waals surface area contributed by atoms with Crippen LogP contribution in [0.25, 0.3) is 22.6 Å². The summed E-state index contributed by atoms with van der Waals surface area (Å²) in [6.07, 6.45) is -1.57. The lowest BCUT2D eigenvalue weighted by molar-refractivity contribution is -0.123. The van der Waals surface area contributed by atoms with Crippen molar-refractivity contribution in [3.63, 3.8) is 0 Å². The first-order valence-electron chi connectivity index (χ1n) is 9.56. The highest BCUT2D eigenvalue weighted by Gasteiger charge is 2.26. The van der Waals surface area contributed by atoms with Crippen LogP contribution in [0.15, 0.2) is 59.0 Å². The average Bonchev–Trinajstić information content (AvgIpc) is 3.24. The van der Waals surface area contributed by atoms with Crippen molar-refractivity contribution in [1.82, 2.24) is 4.98 Å². The summed E-state index contributed by atoms with van der Waals surface area (Å²) in [6, 6.07) is 13.1. The van der Waals surface area contributed by atoms with Crippen molar-refractivity contribution in [3.8, 4) is 11.5 Å². The van der Waals surface area contributed by atoms with Crippen LogP contribution in [0.2, 0.25) is 0 Å². The Morgan fingerprint density at radius 2 is 1.61 bits per heavy atom. The van der Waals surface area contributed by atoms with E-state index < -0.39 is 46.9 Å². The van der Waals surface area contributed by atoms with Crippen molar-refractivity contribution >= 4 is 28.7 Å². The van der Waals surface area contributed by atoms with Gasteiger partial charge < -0.3 is 14.5 Å². The summed E-state index contributed by atoms with van der Waals surface area (Å²) in [6.45, 7) is 1.13. The zero-order valence-electron chi connectivity index (χ0n) is 16.9. The van der Waals surface area contributed by atoms with Gasteiger partial charge in [-0.15, -0.1) is 0 Å². The van der Waals surface area contributed by atoms with Crippen LogP contribution in [0.4, 0.5) is 23.2 Å². The second kappa shape index (κ2) is 8.73. The highest BCUT2D eigenvalue weighted by molar-refractivity contribution is 6.00. The second-order valence-corrected chi connectivity index (χ2v) is 6.91. The largest absolute Gasteiger partial charge is 0.449 e. The Bertz CT molecular complexity index is 1330. The maximum atomic E-state index is 13.8. The van der Waals surface area contributed by atoms with Crippen LogP contribution in [-0.4, -0.2) is 23.0 Å². The Kier molecular flexibility index (Phi) is 5.82. The van der Waals surface area contributed by atoms with Crippen LogP contribution in [0.3, 0.4) is 0 Å². The maximum Gasteiger partial charge on any atom is 0.339 e. The van der Waals surface area contributed by atoms with Gasteiger partial charge in [-0.05, 0) is 31.2 Å². The number of amides is 1. The highest BCUT2D eigenvalue weighted by Crippen LogP contribution is 2.28. The van der Waals surface area contributed by atoms with Gasteiger partial charge >= 0.3 is 5.97 Å². The smallest absolute Gasteiger partial charge is 0.339 e. The lowest BCUT2D eigenvalue weighted by atomic mass is 10.1. The molecule has 0 fully saturated rings. The van der Waals surface area contributed by atoms with Gasteiger partial charge in [0, 0.05) is 6.07 Å². The number of nitrogens with zero attached hydrogens (tertiary/aromatic N) is 1. The summed E-state index contributed by atoms with van der Waals surface area (Å²) in [4.78, 5) is 29.3. The van der Waals surface area contributed by atoms with Crippen molar-refractivity contribution in [2.45, 2.75) is 13.0 Å². The number of fused-ring (bicyclic) bond motifs is 1. The molecule has 4 rings (SSSR count). The van der Waals surface area contributed by atoms with Gasteiger partial charge in [-0.2, -0.15) is 0 Å². The Morgan fingerprint density at radius 1 is 0.970 bits per heavy atom. The fraction of sp³-hybridized carbons (Fsp3) is 0.0870. The summed E-state index contributed by atoms with van der Waals surface area (Å²) < 4.78 is 65.1. The highest BCUT2D eigenvalue weighted by atomic mass is 19.2. The van der Waals surface area contributed by atoms with Crippen LogP contribution in [0.5, 0.6) is 0 Å². The molecule has 1 atom stereocenters. The molecule has 168 valence electrons. The van der Waals surface area contributed by atoms with E-state index in [-0.39, 0.29) is 23.1 Å². The maximum absolute atomic E-state index is 13.8. The fourth-order valence-corrected chi connectivity index (χ4v) is 3.02. The third-order valence-corrected chi connectivity index (χ3v) is 4.68. The number of hydrogen-bond acceptors (Lipinski definition) is 5. The number of hydrogen-bond donors (Lipinski definition) is 1. The number of para-hydroxylation sites is 2. The molecule has 1 amide bonds. The molecule has 6 nitrogen and oxygen atoms in total. The van der Waals surface area contributed by atoms with Crippen molar-refractivity contribution < 1.29 is 36.3 Å². The number of carbonyl (C=O) groups is 2. The van der Waals surface area contributed by atoms with Crippen molar-refractivity contribution in [2.24, 2.45) is 0 Å². The van der Waals surface area contributed by atoms with E-state index in [0.29, 0.717) is 11.1 Å². The molecule has 1 heterocycles. The Labute approximate surface area is 183 Å². The molecule has 0 radical (unpaired) electrons. The lowest BCUT2D eigenvalue weighted by Gasteiger charge is -2.15. The Hall–Kier alpha value is -4.21. The van der Waals surface area contributed by atoms with Crippen molar-refractivity contribution in [1.29, 1.82) is 0 Å². The molecule has 33 heavy (non-hydrogen) atoms. The summed E-state index contributed by atoms with van der Waals surface area (Å²) in [5.74, 6) is -8.99. The fourth-order valence-electron chi connectivity index (χ4n) is 3.02. The van der Waals surface area contributed by atoms with Gasteiger partial charge in [-0.3, -0.25) is 4.79 Å². The van der Waals surface area contributed by atoms with Crippen molar-refractivity contribution in [2.75, 3.05) is 5.32 Å². The first-order valence-corrected chi connectivity index (χ1v) is 9.56. The molecular weight excluding hydrogens is 444 g/mol. The molecule has 10 heteroatoms. The van der Waals surface area contributed by atoms with Gasteiger partial charge in [-0.1, -0.05) is 24.3 Å². The number of halogens is 4. The van der Waals surface area contributed by atoms with E-state index in [1.807, 2.05) is 0 Å². The van der Waals surface area contributed by atoms with Crippen molar-refractivity contribution in [3.05, 3.63) is 83.4 Å². The number of carbonyl (C=O) groups excluding carboxylic acids is 2. The van der Waals surface area contributed by atoms with Gasteiger partial charge in [0.15, 0.2) is 35.0 Å². The predicted molar refractivity (Wildman–Crippen MR) is 109 cm³/mol. The average molecular weight is 458 g/mol. The van der Waals surface area contributed by atoms with Gasteiger partial charge in [0.25, 0.3) is 5.91 Å². The number of oxazole rings is 1. The van der Waals surface area contributed by atoms with Crippen LogP contribution < -0.4 is 5.32 Å². The van der Waals surface area contributed by atoms with Crippen LogP contribution in [0.1, 0.15) is 17.3 Å². The lowest BCUT2D eigenvalue weighted by Crippen LogP contribution is -2.31. The molecule has 4 aromatic rings. The molecule has 0 aliphatic carbocycles. The minimum absolute atomic E-state index is 0.00675. The number of aromatic nitrogens is 1. The first-order chi connectivity index (χ1) is 15.8. The zero-order chi connectivity index (χ0) is 23.7. The number of benzene rings is 3. The Morgan fingerprint density at radius 3 is 2.30 bits per heavy atom. The van der Waals surface area contributed by atoms with Crippen LogP contribution >= 0.6 is 0 Å². The first kappa shape index (κ1) is 22.0. The zero-order valence-corrected chi connectivity index (χ0v) is 16.9. The molecular formula is C23H14F4N2O4. The molecule has 0 spiro atoms. The predicted octanol–water partition coefficient (Wildman–Crippen LogP) is 5.24. The van der Waals surface area contributed by atoms with E-state index in [4.69, 9.17) is 9.15 Å². The molecule has 1 N–H and O–H groups in total. The topological polar surface area (TPSA) is 81.4 Å². The SMILES string of the molecule is CC(OC(=O)c1ccccc1-c1nc2ccccc2o1)C(=O)Nc1c(F)c(F)cc(F)c1F. The van der Waals surface area contributed by atoms with Gasteiger partial charge in [0.1, 0.15) is 11.2 Å². The number of nitrogens with one attached hydrogen (secondary N) is 1. The minimum atomic E-state index is -1.79. The number of rotatable bonds is 5. The normalized spacial score (nSPS) is 11.9. The molecule has 1 unspecified atom stereocenters. The number of esters is 1. The van der Waals surface area contributed by atoms with Gasteiger partial charge in [0.05, 0.1) is 11.1 Å². The monoisotopic (exact) mass is 458 g/mol. The van der Waals surface area contributed by atoms with E-state index in [1.54, 1.807) is 47.8 Å². The standard InChI is InChI=1S/C23H14F4N2O4/c1-11(21(30)29-20-18(26)14(24)10-15(25)19(20)27)32-23(31)13-7-3-2-6-12(13)22-28-16-8-4-5-9-17(16)33-22/h2-11H,1H3,(H,29,30). The Balaban J connectivity index is 1.55. The number of anilines is 1. The molecule has 3 aromatic carbocycles. The van der Waals surface area contributed by atoms with E-state index in [2.05, 4.69) is 4.98 Å². The summed E-state index contributed by atoms with van der Waals surface area (Å²) in [5, 5.41) is 1.70. The van der Waals surface area contributed by atoms with Crippen LogP contribution in [-0.2, 0) is 9.53 Å². The molecule has 1 aromatic heterocycles. The van der Waals surface area contributed by atoms with Gasteiger partial charge in [-0.25, -0.2) is 27.3 Å². The van der Waals surface area contributed by atoms with E-state index >= 15 is 0 Å². The molecule has 0 saturated heterocycles. The van der Waals surface area contributed by atoms with E-state index in [9.17, 15) is 27.2 Å². The summed E-state index contributed by atoms with van der Waals surface area (Å²) >= 11 is 0. The van der Waals surface area contributed by atoms with E-state index in [1.165, 1.54) is 6.07 Å². The molecule has 0 aliphatic heterocycles. The second-order valence-electron chi connectivity index (χ2n) is 6.91. The van der Waals surface area contributed by atoms with E-state index in [0.717, 1.165) is 6.92 Å². The molecule has 0 saturated carbocycles. The number of ether oxygens (including phenoxy) is 1. The third-order valence-electron chi connectivity index (χ3n) is 4.68. The van der Waals surface area contributed by atoms with Crippen LogP contribution in [0, 0.1) is 23.3 Å². The third kappa shape index (κ3) is 4.27. The molecule has 0 aliphatic rings. The summed E-state index contributed by atoms with van der Waals surface area (Å²) in [5.41, 5.74) is 0.0327. The quantitative estimate of drug-likeness (QED) is 0.252. The molecule has 0 bridgehead atoms.